The molecule has 0 aliphatic heterocycles. The van der Waals surface area contributed by atoms with Gasteiger partial charge in [0, 0.05) is 6.42 Å². The first-order valence-corrected chi connectivity index (χ1v) is 5.25. The van der Waals surface area contributed by atoms with Gasteiger partial charge >= 0.3 is 12.1 Å². The molecule has 0 bridgehead atoms. The number of rotatable bonds is 4. The second-order valence-corrected chi connectivity index (χ2v) is 4.84. The van der Waals surface area contributed by atoms with Crippen molar-refractivity contribution in [2.24, 2.45) is 5.92 Å². The van der Waals surface area contributed by atoms with E-state index in [1.807, 2.05) is 0 Å². The molecule has 17 heavy (non-hydrogen) atoms. The van der Waals surface area contributed by atoms with Gasteiger partial charge in [-0.15, -0.1) is 0 Å². The van der Waals surface area contributed by atoms with Crippen LogP contribution in [0.4, 0.5) is 13.2 Å². The average molecular weight is 254 g/mol. The van der Waals surface area contributed by atoms with Gasteiger partial charge < -0.3 is 4.74 Å². The highest BCUT2D eigenvalue weighted by molar-refractivity contribution is 5.98. The Kier molecular flexibility index (Phi) is 5.16. The highest BCUT2D eigenvalue weighted by atomic mass is 19.4. The van der Waals surface area contributed by atoms with Gasteiger partial charge in [0.1, 0.15) is 17.3 Å². The molecule has 0 radical (unpaired) electrons. The zero-order valence-corrected chi connectivity index (χ0v) is 10.4. The lowest BCUT2D eigenvalue weighted by molar-refractivity contribution is -0.163. The molecule has 0 aromatic carbocycles. The smallest absolute Gasteiger partial charge is 0.389 e. The topological polar surface area (TPSA) is 43.4 Å². The van der Waals surface area contributed by atoms with E-state index in [9.17, 15) is 22.8 Å². The molecule has 0 saturated heterocycles. The van der Waals surface area contributed by atoms with E-state index in [4.69, 9.17) is 4.74 Å². The van der Waals surface area contributed by atoms with Gasteiger partial charge in [0.25, 0.3) is 0 Å². The van der Waals surface area contributed by atoms with Crippen molar-refractivity contribution in [1.82, 2.24) is 0 Å². The Morgan fingerprint density at radius 3 is 2.00 bits per heavy atom. The van der Waals surface area contributed by atoms with Crippen LogP contribution in [0.5, 0.6) is 0 Å². The summed E-state index contributed by atoms with van der Waals surface area (Å²) in [6.07, 6.45) is -6.29. The fourth-order valence-corrected chi connectivity index (χ4v) is 1.00. The predicted octanol–water partition coefficient (Wildman–Crippen LogP) is 2.88. The van der Waals surface area contributed by atoms with Crippen LogP contribution < -0.4 is 0 Å². The van der Waals surface area contributed by atoms with E-state index in [1.165, 1.54) is 6.92 Å². The summed E-state index contributed by atoms with van der Waals surface area (Å²) in [4.78, 5) is 22.7. The molecular formula is C11H17F3O3. The van der Waals surface area contributed by atoms with Crippen LogP contribution >= 0.6 is 0 Å². The first-order valence-electron chi connectivity index (χ1n) is 5.25. The van der Waals surface area contributed by atoms with Gasteiger partial charge in [-0.2, -0.15) is 13.2 Å². The van der Waals surface area contributed by atoms with Crippen LogP contribution in [0, 0.1) is 5.92 Å². The van der Waals surface area contributed by atoms with E-state index in [2.05, 4.69) is 0 Å². The van der Waals surface area contributed by atoms with Gasteiger partial charge in [-0.1, -0.05) is 0 Å². The molecule has 0 amide bonds. The molecule has 0 aliphatic rings. The van der Waals surface area contributed by atoms with Crippen LogP contribution in [0.15, 0.2) is 0 Å². The molecule has 0 fully saturated rings. The maximum atomic E-state index is 11.9. The highest BCUT2D eigenvalue weighted by Crippen LogP contribution is 2.23. The molecule has 0 spiro atoms. The van der Waals surface area contributed by atoms with Crippen LogP contribution in [-0.2, 0) is 14.3 Å². The number of Topliss-reactive ketones (excluding diaryl/α,β-unsaturated/α-hetero) is 1. The fraction of sp³-hybridized carbons (Fsp3) is 0.818. The molecular weight excluding hydrogens is 237 g/mol. The van der Waals surface area contributed by atoms with Crippen LogP contribution in [-0.4, -0.2) is 23.5 Å². The second kappa shape index (κ2) is 5.51. The zero-order valence-electron chi connectivity index (χ0n) is 10.4. The Balaban J connectivity index is 4.27. The summed E-state index contributed by atoms with van der Waals surface area (Å²) in [6.45, 7) is 6.13. The summed E-state index contributed by atoms with van der Waals surface area (Å²) in [7, 11) is 0. The normalized spacial score (nSPS) is 14.3. The Hall–Kier alpha value is -1.07. The lowest BCUT2D eigenvalue weighted by Gasteiger charge is -2.21. The van der Waals surface area contributed by atoms with E-state index in [0.717, 1.165) is 0 Å². The molecule has 0 aliphatic carbocycles. The quantitative estimate of drug-likeness (QED) is 0.572. The molecule has 0 rings (SSSR count). The highest BCUT2D eigenvalue weighted by Gasteiger charge is 2.32. The van der Waals surface area contributed by atoms with E-state index in [0.29, 0.717) is 0 Å². The van der Waals surface area contributed by atoms with E-state index >= 15 is 0 Å². The van der Waals surface area contributed by atoms with Crippen LogP contribution in [0.1, 0.15) is 40.5 Å². The first kappa shape index (κ1) is 15.9. The number of hydrogen-bond donors (Lipinski definition) is 0. The monoisotopic (exact) mass is 254 g/mol. The number of ether oxygens (including phenoxy) is 1. The van der Waals surface area contributed by atoms with Crippen molar-refractivity contribution >= 4 is 11.8 Å². The lowest BCUT2D eigenvalue weighted by atomic mass is 10.0. The van der Waals surface area contributed by atoms with Crippen LogP contribution in [0.2, 0.25) is 0 Å². The van der Waals surface area contributed by atoms with Crippen LogP contribution in [0.3, 0.4) is 0 Å². The van der Waals surface area contributed by atoms with Gasteiger partial charge in [0.15, 0.2) is 0 Å². The predicted molar refractivity (Wildman–Crippen MR) is 55.3 cm³/mol. The largest absolute Gasteiger partial charge is 0.459 e. The third-order valence-corrected chi connectivity index (χ3v) is 1.90. The minimum atomic E-state index is -4.39. The number of ketones is 1. The molecule has 1 atom stereocenters. The minimum absolute atomic E-state index is 0.691. The molecule has 6 heteroatoms. The summed E-state index contributed by atoms with van der Waals surface area (Å²) in [6, 6.07) is 0. The SMILES string of the molecule is CC(C(=O)CCC(F)(F)F)C(=O)OC(C)(C)C. The Labute approximate surface area is 98.3 Å². The molecule has 0 saturated carbocycles. The van der Waals surface area contributed by atoms with Crippen molar-refractivity contribution in [1.29, 1.82) is 0 Å². The van der Waals surface area contributed by atoms with Crippen molar-refractivity contribution in [2.45, 2.75) is 52.3 Å². The van der Waals surface area contributed by atoms with Crippen molar-refractivity contribution in [3.63, 3.8) is 0 Å². The standard InChI is InChI=1S/C11H17F3O3/c1-7(9(16)17-10(2,3)4)8(15)5-6-11(12,13)14/h7H,5-6H2,1-4H3. The summed E-state index contributed by atoms with van der Waals surface area (Å²) < 4.78 is 40.6. The van der Waals surface area contributed by atoms with Gasteiger partial charge in [0.05, 0.1) is 6.42 Å². The van der Waals surface area contributed by atoms with E-state index < -0.39 is 42.3 Å². The summed E-state index contributed by atoms with van der Waals surface area (Å²) in [5, 5.41) is 0. The summed E-state index contributed by atoms with van der Waals surface area (Å²) >= 11 is 0. The van der Waals surface area contributed by atoms with Crippen molar-refractivity contribution in [3.8, 4) is 0 Å². The van der Waals surface area contributed by atoms with Crippen molar-refractivity contribution < 1.29 is 27.5 Å². The van der Waals surface area contributed by atoms with Gasteiger partial charge in [-0.3, -0.25) is 9.59 Å². The Morgan fingerprint density at radius 2 is 1.65 bits per heavy atom. The van der Waals surface area contributed by atoms with E-state index in [-0.39, 0.29) is 0 Å². The van der Waals surface area contributed by atoms with Crippen LogP contribution in [0.25, 0.3) is 0 Å². The summed E-state index contributed by atoms with van der Waals surface area (Å²) in [5.41, 5.74) is -0.754. The minimum Gasteiger partial charge on any atom is -0.459 e. The fourth-order valence-electron chi connectivity index (χ4n) is 1.00. The maximum Gasteiger partial charge on any atom is 0.389 e. The second-order valence-electron chi connectivity index (χ2n) is 4.84. The van der Waals surface area contributed by atoms with E-state index in [1.54, 1.807) is 20.8 Å². The zero-order chi connectivity index (χ0) is 13.9. The van der Waals surface area contributed by atoms with Crippen molar-refractivity contribution in [2.75, 3.05) is 0 Å². The maximum absolute atomic E-state index is 11.9. The number of carbonyl (C=O) groups is 2. The number of carbonyl (C=O) groups excluding carboxylic acids is 2. The third-order valence-electron chi connectivity index (χ3n) is 1.90. The number of halogens is 3. The average Bonchev–Trinajstić information content (AvgIpc) is 2.08. The molecule has 1 unspecified atom stereocenters. The first-order chi connectivity index (χ1) is 7.42. The molecule has 0 heterocycles. The lowest BCUT2D eigenvalue weighted by Crippen LogP contribution is -2.31. The molecule has 0 N–H and O–H groups in total. The number of alkyl halides is 3. The molecule has 0 aromatic heterocycles. The number of hydrogen-bond acceptors (Lipinski definition) is 3. The van der Waals surface area contributed by atoms with Gasteiger partial charge in [-0.05, 0) is 27.7 Å². The molecule has 100 valence electrons. The number of esters is 1. The van der Waals surface area contributed by atoms with Crippen molar-refractivity contribution in [3.05, 3.63) is 0 Å². The Morgan fingerprint density at radius 1 is 1.18 bits per heavy atom. The Bertz CT molecular complexity index is 289. The third kappa shape index (κ3) is 7.76. The van der Waals surface area contributed by atoms with Gasteiger partial charge in [-0.25, -0.2) is 0 Å². The molecule has 0 aromatic rings. The van der Waals surface area contributed by atoms with Gasteiger partial charge in [0.2, 0.25) is 0 Å². The molecule has 3 nitrogen and oxygen atoms in total. The summed E-state index contributed by atoms with van der Waals surface area (Å²) in [5.74, 6) is -2.70.